The quantitative estimate of drug-likeness (QED) is 0.756. The van der Waals surface area contributed by atoms with Crippen LogP contribution in [0.1, 0.15) is 25.8 Å². The van der Waals surface area contributed by atoms with E-state index < -0.39 is 5.60 Å². The van der Waals surface area contributed by atoms with E-state index >= 15 is 0 Å². The maximum absolute atomic E-state index is 10.4. The van der Waals surface area contributed by atoms with Gasteiger partial charge in [-0.1, -0.05) is 36.4 Å². The van der Waals surface area contributed by atoms with Gasteiger partial charge >= 0.3 is 0 Å². The second-order valence-electron chi connectivity index (χ2n) is 4.58. The zero-order chi connectivity index (χ0) is 11.8. The highest BCUT2D eigenvalue weighted by molar-refractivity contribution is 5.76. The van der Waals surface area contributed by atoms with Crippen molar-refractivity contribution in [3.8, 4) is 0 Å². The predicted molar refractivity (Wildman–Crippen MR) is 66.5 cm³/mol. The van der Waals surface area contributed by atoms with Crippen LogP contribution in [0.5, 0.6) is 0 Å². The molecule has 16 heavy (non-hydrogen) atoms. The molecule has 0 heterocycles. The molecule has 1 atom stereocenters. The predicted octanol–water partition coefficient (Wildman–Crippen LogP) is 2.46. The van der Waals surface area contributed by atoms with Crippen LogP contribution in [0.25, 0.3) is 5.57 Å². The lowest BCUT2D eigenvalue weighted by molar-refractivity contribution is 0.121. The van der Waals surface area contributed by atoms with Crippen molar-refractivity contribution in [2.75, 3.05) is 0 Å². The molecule has 2 rings (SSSR count). The van der Waals surface area contributed by atoms with Gasteiger partial charge in [0.15, 0.2) is 0 Å². The van der Waals surface area contributed by atoms with Gasteiger partial charge in [-0.15, -0.1) is 0 Å². The molecular weight excluding hydrogens is 198 g/mol. The summed E-state index contributed by atoms with van der Waals surface area (Å²) in [7, 11) is 0. The van der Waals surface area contributed by atoms with Crippen molar-refractivity contribution in [3.05, 3.63) is 53.2 Å². The molecule has 0 fully saturated rings. The third-order valence-electron chi connectivity index (χ3n) is 3.07. The minimum atomic E-state index is -0.870. The molecule has 0 aliphatic heterocycles. The van der Waals surface area contributed by atoms with Gasteiger partial charge in [0, 0.05) is 12.1 Å². The Bertz CT molecular complexity index is 455. The summed E-state index contributed by atoms with van der Waals surface area (Å²) in [5, 5.41) is 10.4. The lowest BCUT2D eigenvalue weighted by atomic mass is 9.80. The van der Waals surface area contributed by atoms with E-state index in [2.05, 4.69) is 0 Å². The Morgan fingerprint density at radius 2 is 1.88 bits per heavy atom. The molecule has 0 aromatic heterocycles. The molecule has 0 radical (unpaired) electrons. The molecule has 0 spiro atoms. The summed E-state index contributed by atoms with van der Waals surface area (Å²) in [5.41, 5.74) is 8.81. The maximum Gasteiger partial charge on any atom is 0.0928 e. The number of hydrogen-bond donors (Lipinski definition) is 2. The second-order valence-corrected chi connectivity index (χ2v) is 4.58. The van der Waals surface area contributed by atoms with Gasteiger partial charge in [-0.3, -0.25) is 0 Å². The smallest absolute Gasteiger partial charge is 0.0928 e. The normalized spacial score (nSPS) is 25.6. The Kier molecular flexibility index (Phi) is 2.60. The van der Waals surface area contributed by atoms with E-state index in [1.54, 1.807) is 0 Å². The topological polar surface area (TPSA) is 46.2 Å². The van der Waals surface area contributed by atoms with Crippen LogP contribution in [0.4, 0.5) is 0 Å². The van der Waals surface area contributed by atoms with E-state index in [9.17, 15) is 5.11 Å². The summed E-state index contributed by atoms with van der Waals surface area (Å²) < 4.78 is 0. The van der Waals surface area contributed by atoms with Crippen LogP contribution in [-0.4, -0.2) is 10.7 Å². The maximum atomic E-state index is 10.4. The zero-order valence-corrected chi connectivity index (χ0v) is 9.70. The number of rotatable bonds is 1. The van der Waals surface area contributed by atoms with Crippen molar-refractivity contribution in [1.29, 1.82) is 0 Å². The molecule has 1 aliphatic rings. The molecule has 84 valence electrons. The number of hydrogen-bond acceptors (Lipinski definition) is 2. The average Bonchev–Trinajstić information content (AvgIpc) is 2.24. The van der Waals surface area contributed by atoms with E-state index in [1.165, 1.54) is 0 Å². The Morgan fingerprint density at radius 1 is 1.25 bits per heavy atom. The molecule has 3 N–H and O–H groups in total. The highest BCUT2D eigenvalue weighted by atomic mass is 16.3. The van der Waals surface area contributed by atoms with Crippen LogP contribution in [0.15, 0.2) is 47.7 Å². The van der Waals surface area contributed by atoms with Crippen LogP contribution < -0.4 is 5.73 Å². The largest absolute Gasteiger partial charge is 0.402 e. The number of nitrogens with two attached hydrogens (primary N) is 1. The minimum Gasteiger partial charge on any atom is -0.402 e. The number of aliphatic hydroxyl groups is 1. The summed E-state index contributed by atoms with van der Waals surface area (Å²) >= 11 is 0. The first-order chi connectivity index (χ1) is 7.50. The van der Waals surface area contributed by atoms with Crippen LogP contribution in [0.3, 0.4) is 0 Å². The molecule has 1 aliphatic carbocycles. The Labute approximate surface area is 96.1 Å². The van der Waals surface area contributed by atoms with Crippen molar-refractivity contribution in [2.24, 2.45) is 5.73 Å². The zero-order valence-electron chi connectivity index (χ0n) is 9.70. The lowest BCUT2D eigenvalue weighted by Gasteiger charge is -2.31. The summed E-state index contributed by atoms with van der Waals surface area (Å²) in [5.74, 6) is 0. The first-order valence-corrected chi connectivity index (χ1v) is 5.46. The van der Waals surface area contributed by atoms with Gasteiger partial charge in [-0.2, -0.15) is 0 Å². The average molecular weight is 215 g/mol. The third-order valence-corrected chi connectivity index (χ3v) is 3.07. The third kappa shape index (κ3) is 1.89. The van der Waals surface area contributed by atoms with Gasteiger partial charge < -0.3 is 10.8 Å². The number of benzene rings is 1. The standard InChI is InChI=1S/C14H17NO/c1-10-8-12(11-6-4-3-5-7-11)14(2,16)9-13(10)15/h3-8,16H,9,15H2,1-2H3/t14-/m0/s1. The fraction of sp³-hybridized carbons (Fsp3) is 0.286. The summed E-state index contributed by atoms with van der Waals surface area (Å²) in [6.45, 7) is 3.79. The molecule has 0 amide bonds. The number of allylic oxidation sites excluding steroid dienone is 2. The highest BCUT2D eigenvalue weighted by Gasteiger charge is 2.30. The Balaban J connectivity index is 2.51. The van der Waals surface area contributed by atoms with E-state index in [0.29, 0.717) is 6.42 Å². The van der Waals surface area contributed by atoms with Gasteiger partial charge in [0.25, 0.3) is 0 Å². The van der Waals surface area contributed by atoms with E-state index in [0.717, 1.165) is 22.4 Å². The van der Waals surface area contributed by atoms with Gasteiger partial charge in [0.1, 0.15) is 0 Å². The molecule has 0 bridgehead atoms. The molecule has 1 aromatic carbocycles. The van der Waals surface area contributed by atoms with Crippen LogP contribution in [-0.2, 0) is 0 Å². The van der Waals surface area contributed by atoms with E-state index in [4.69, 9.17) is 5.73 Å². The molecule has 0 saturated heterocycles. The lowest BCUT2D eigenvalue weighted by Crippen LogP contribution is -2.31. The first kappa shape index (κ1) is 11.0. The summed E-state index contributed by atoms with van der Waals surface area (Å²) in [4.78, 5) is 0. The van der Waals surface area contributed by atoms with Crippen LogP contribution in [0.2, 0.25) is 0 Å². The van der Waals surface area contributed by atoms with Crippen molar-refractivity contribution in [1.82, 2.24) is 0 Å². The summed E-state index contributed by atoms with van der Waals surface area (Å²) in [6.07, 6.45) is 2.48. The highest BCUT2D eigenvalue weighted by Crippen LogP contribution is 2.36. The van der Waals surface area contributed by atoms with Crippen molar-refractivity contribution in [2.45, 2.75) is 25.9 Å². The van der Waals surface area contributed by atoms with Crippen molar-refractivity contribution >= 4 is 5.57 Å². The van der Waals surface area contributed by atoms with Crippen molar-refractivity contribution in [3.63, 3.8) is 0 Å². The molecule has 1 aromatic rings. The molecule has 2 nitrogen and oxygen atoms in total. The van der Waals surface area contributed by atoms with E-state index in [-0.39, 0.29) is 0 Å². The molecule has 0 saturated carbocycles. The summed E-state index contributed by atoms with van der Waals surface area (Å²) in [6, 6.07) is 9.94. The van der Waals surface area contributed by atoms with Gasteiger partial charge in [0.2, 0.25) is 0 Å². The Morgan fingerprint density at radius 3 is 2.50 bits per heavy atom. The van der Waals surface area contributed by atoms with Gasteiger partial charge in [0.05, 0.1) is 5.60 Å². The molecule has 0 unspecified atom stereocenters. The van der Waals surface area contributed by atoms with Crippen LogP contribution >= 0.6 is 0 Å². The first-order valence-electron chi connectivity index (χ1n) is 5.46. The van der Waals surface area contributed by atoms with Crippen molar-refractivity contribution < 1.29 is 5.11 Å². The van der Waals surface area contributed by atoms with Gasteiger partial charge in [-0.05, 0) is 30.6 Å². The molecular formula is C14H17NO. The van der Waals surface area contributed by atoms with Crippen LogP contribution in [0, 0.1) is 0 Å². The monoisotopic (exact) mass is 215 g/mol. The SMILES string of the molecule is CC1=C(N)C[C@](C)(O)C(c2ccccc2)=C1. The molecule has 2 heteroatoms. The minimum absolute atomic E-state index is 0.500. The Hall–Kier alpha value is -1.54. The van der Waals surface area contributed by atoms with Gasteiger partial charge in [-0.25, -0.2) is 0 Å². The second kappa shape index (κ2) is 3.80. The fourth-order valence-corrected chi connectivity index (χ4v) is 2.08. The van der Waals surface area contributed by atoms with E-state index in [1.807, 2.05) is 50.3 Å². The fourth-order valence-electron chi connectivity index (χ4n) is 2.08.